The van der Waals surface area contributed by atoms with E-state index in [0.29, 0.717) is 5.56 Å². The first-order valence-electron chi connectivity index (χ1n) is 6.46. The molecule has 1 aromatic carbocycles. The Hall–Kier alpha value is -1.00. The fourth-order valence-electron chi connectivity index (χ4n) is 2.29. The fraction of sp³-hybridized carbons (Fsp3) is 0.571. The van der Waals surface area contributed by atoms with Gasteiger partial charge in [0.05, 0.1) is 6.04 Å². The molecule has 2 unspecified atom stereocenters. The van der Waals surface area contributed by atoms with Crippen LogP contribution in [-0.2, 0) is 0 Å². The van der Waals surface area contributed by atoms with E-state index < -0.39 is 11.6 Å². The van der Waals surface area contributed by atoms with Gasteiger partial charge >= 0.3 is 0 Å². The molecule has 0 fully saturated rings. The molecular weight excluding hydrogens is 234 g/mol. The summed E-state index contributed by atoms with van der Waals surface area (Å²) in [7, 11) is 0. The maximum atomic E-state index is 13.8. The van der Waals surface area contributed by atoms with E-state index in [4.69, 9.17) is 5.73 Å². The molecule has 2 atom stereocenters. The molecule has 18 heavy (non-hydrogen) atoms. The molecule has 0 radical (unpaired) electrons. The third kappa shape index (κ3) is 3.06. The first-order valence-corrected chi connectivity index (χ1v) is 6.46. The molecule has 102 valence electrons. The van der Waals surface area contributed by atoms with Crippen LogP contribution in [0.5, 0.6) is 0 Å². The van der Waals surface area contributed by atoms with Crippen LogP contribution in [0.25, 0.3) is 0 Å². The van der Waals surface area contributed by atoms with Gasteiger partial charge in [-0.1, -0.05) is 26.0 Å². The van der Waals surface area contributed by atoms with Gasteiger partial charge in [-0.25, -0.2) is 8.78 Å². The van der Waals surface area contributed by atoms with Crippen LogP contribution in [0.2, 0.25) is 0 Å². The molecule has 0 bridgehead atoms. The summed E-state index contributed by atoms with van der Waals surface area (Å²) in [5, 5.41) is 0. The second-order valence-corrected chi connectivity index (χ2v) is 4.48. The van der Waals surface area contributed by atoms with Gasteiger partial charge in [0.2, 0.25) is 0 Å². The van der Waals surface area contributed by atoms with Gasteiger partial charge in [0, 0.05) is 18.2 Å². The van der Waals surface area contributed by atoms with Gasteiger partial charge in [0.1, 0.15) is 0 Å². The number of hydrogen-bond donors (Lipinski definition) is 1. The van der Waals surface area contributed by atoms with Crippen LogP contribution >= 0.6 is 0 Å². The van der Waals surface area contributed by atoms with E-state index in [2.05, 4.69) is 18.7 Å². The van der Waals surface area contributed by atoms with E-state index in [1.807, 2.05) is 6.92 Å². The average molecular weight is 256 g/mol. The number of benzene rings is 1. The summed E-state index contributed by atoms with van der Waals surface area (Å²) < 4.78 is 27.1. The number of nitrogens with zero attached hydrogens (tertiary/aromatic N) is 1. The summed E-state index contributed by atoms with van der Waals surface area (Å²) >= 11 is 0. The van der Waals surface area contributed by atoms with E-state index >= 15 is 0 Å². The van der Waals surface area contributed by atoms with E-state index in [9.17, 15) is 8.78 Å². The summed E-state index contributed by atoms with van der Waals surface area (Å²) in [5.41, 5.74) is 6.11. The molecule has 0 saturated heterocycles. The normalized spacial score (nSPS) is 14.8. The van der Waals surface area contributed by atoms with Crippen molar-refractivity contribution in [3.8, 4) is 0 Å². The Morgan fingerprint density at radius 3 is 2.44 bits per heavy atom. The van der Waals surface area contributed by atoms with Crippen molar-refractivity contribution in [1.82, 2.24) is 4.90 Å². The zero-order chi connectivity index (χ0) is 13.7. The largest absolute Gasteiger partial charge is 0.329 e. The molecule has 0 aliphatic heterocycles. The molecule has 1 rings (SSSR count). The maximum Gasteiger partial charge on any atom is 0.163 e. The topological polar surface area (TPSA) is 29.3 Å². The standard InChI is InChI=1S/C14H22F2N2/c1-4-10(3)18(5-2)13(9-17)11-7-6-8-12(15)14(11)16/h6-8,10,13H,4-5,9,17H2,1-3H3. The summed E-state index contributed by atoms with van der Waals surface area (Å²) in [6, 6.07) is 4.28. The van der Waals surface area contributed by atoms with Crippen molar-refractivity contribution in [2.24, 2.45) is 5.73 Å². The Labute approximate surface area is 108 Å². The van der Waals surface area contributed by atoms with Crippen LogP contribution in [0.1, 0.15) is 38.8 Å². The van der Waals surface area contributed by atoms with Crippen molar-refractivity contribution < 1.29 is 8.78 Å². The third-order valence-electron chi connectivity index (χ3n) is 3.49. The second-order valence-electron chi connectivity index (χ2n) is 4.48. The van der Waals surface area contributed by atoms with Crippen LogP contribution in [0.3, 0.4) is 0 Å². The van der Waals surface area contributed by atoms with E-state index in [0.717, 1.165) is 19.0 Å². The minimum absolute atomic E-state index is 0.276. The highest BCUT2D eigenvalue weighted by molar-refractivity contribution is 5.23. The fourth-order valence-corrected chi connectivity index (χ4v) is 2.29. The van der Waals surface area contributed by atoms with Gasteiger partial charge in [-0.15, -0.1) is 0 Å². The number of hydrogen-bond acceptors (Lipinski definition) is 2. The number of rotatable bonds is 6. The van der Waals surface area contributed by atoms with Crippen LogP contribution in [0.4, 0.5) is 8.78 Å². The van der Waals surface area contributed by atoms with Crippen LogP contribution in [-0.4, -0.2) is 24.0 Å². The lowest BCUT2D eigenvalue weighted by atomic mass is 10.0. The van der Waals surface area contributed by atoms with Crippen molar-refractivity contribution in [2.45, 2.75) is 39.3 Å². The van der Waals surface area contributed by atoms with Crippen LogP contribution < -0.4 is 5.73 Å². The molecule has 0 amide bonds. The predicted octanol–water partition coefficient (Wildman–Crippen LogP) is 3.09. The Morgan fingerprint density at radius 2 is 1.94 bits per heavy atom. The molecule has 0 aliphatic rings. The Morgan fingerprint density at radius 1 is 1.28 bits per heavy atom. The molecule has 2 N–H and O–H groups in total. The minimum atomic E-state index is -0.814. The SMILES string of the molecule is CCC(C)N(CC)C(CN)c1cccc(F)c1F. The monoisotopic (exact) mass is 256 g/mol. The molecule has 4 heteroatoms. The van der Waals surface area contributed by atoms with Crippen molar-refractivity contribution in [2.75, 3.05) is 13.1 Å². The van der Waals surface area contributed by atoms with Crippen LogP contribution in [0.15, 0.2) is 18.2 Å². The summed E-state index contributed by atoms with van der Waals surface area (Å²) in [5.74, 6) is -1.60. The molecule has 2 nitrogen and oxygen atoms in total. The van der Waals surface area contributed by atoms with Gasteiger partial charge in [-0.2, -0.15) is 0 Å². The number of likely N-dealkylation sites (N-methyl/N-ethyl adjacent to an activating group) is 1. The second kappa shape index (κ2) is 6.81. The molecular formula is C14H22F2N2. The molecule has 1 aromatic rings. The van der Waals surface area contributed by atoms with E-state index in [-0.39, 0.29) is 18.6 Å². The summed E-state index contributed by atoms with van der Waals surface area (Å²) in [6.45, 7) is 7.18. The van der Waals surface area contributed by atoms with Crippen LogP contribution in [0, 0.1) is 11.6 Å². The van der Waals surface area contributed by atoms with Crippen molar-refractivity contribution in [3.63, 3.8) is 0 Å². The third-order valence-corrected chi connectivity index (χ3v) is 3.49. The van der Waals surface area contributed by atoms with Gasteiger partial charge in [0.15, 0.2) is 11.6 Å². The van der Waals surface area contributed by atoms with Gasteiger partial charge in [0.25, 0.3) is 0 Å². The highest BCUT2D eigenvalue weighted by Gasteiger charge is 2.25. The maximum absolute atomic E-state index is 13.8. The number of halogens is 2. The van der Waals surface area contributed by atoms with Gasteiger partial charge in [-0.05, 0) is 26.0 Å². The lowest BCUT2D eigenvalue weighted by molar-refractivity contribution is 0.148. The first kappa shape index (κ1) is 15.1. The zero-order valence-electron chi connectivity index (χ0n) is 11.3. The lowest BCUT2D eigenvalue weighted by Crippen LogP contribution is -2.40. The van der Waals surface area contributed by atoms with Crippen molar-refractivity contribution >= 4 is 0 Å². The lowest BCUT2D eigenvalue weighted by Gasteiger charge is -2.35. The highest BCUT2D eigenvalue weighted by Crippen LogP contribution is 2.26. The van der Waals surface area contributed by atoms with E-state index in [1.54, 1.807) is 6.07 Å². The molecule has 0 saturated carbocycles. The molecule has 0 spiro atoms. The zero-order valence-corrected chi connectivity index (χ0v) is 11.3. The van der Waals surface area contributed by atoms with Gasteiger partial charge in [-0.3, -0.25) is 4.90 Å². The quantitative estimate of drug-likeness (QED) is 0.847. The molecule has 0 aromatic heterocycles. The van der Waals surface area contributed by atoms with E-state index in [1.165, 1.54) is 6.07 Å². The first-order chi connectivity index (χ1) is 8.56. The van der Waals surface area contributed by atoms with Crippen molar-refractivity contribution in [3.05, 3.63) is 35.4 Å². The molecule has 0 heterocycles. The Bertz CT molecular complexity index is 382. The Kier molecular flexibility index (Phi) is 5.69. The van der Waals surface area contributed by atoms with Gasteiger partial charge < -0.3 is 5.73 Å². The Balaban J connectivity index is 3.11. The number of nitrogens with two attached hydrogens (primary N) is 1. The average Bonchev–Trinajstić information content (AvgIpc) is 2.39. The molecule has 0 aliphatic carbocycles. The van der Waals surface area contributed by atoms with Crippen molar-refractivity contribution in [1.29, 1.82) is 0 Å². The summed E-state index contributed by atoms with van der Waals surface area (Å²) in [6.07, 6.45) is 0.946. The predicted molar refractivity (Wildman–Crippen MR) is 70.3 cm³/mol. The smallest absolute Gasteiger partial charge is 0.163 e. The summed E-state index contributed by atoms with van der Waals surface area (Å²) in [4.78, 5) is 2.11. The highest BCUT2D eigenvalue weighted by atomic mass is 19.2. The minimum Gasteiger partial charge on any atom is -0.329 e.